The number of nitrogens with zero attached hydrogens (tertiary/aromatic N) is 1. The fraction of sp³-hybridized carbons (Fsp3) is 0.768. The van der Waals surface area contributed by atoms with Gasteiger partial charge in [0.2, 0.25) is 5.79 Å². The van der Waals surface area contributed by atoms with Gasteiger partial charge in [-0.1, -0.05) is 71.1 Å². The van der Waals surface area contributed by atoms with Crippen LogP contribution >= 0.6 is 7.60 Å². The fourth-order valence-corrected chi connectivity index (χ4v) is 12.1. The molecule has 4 rings (SSSR count). The first kappa shape index (κ1) is 63.3. The Kier molecular flexibility index (Phi) is 25.7. The zero-order valence-corrected chi connectivity index (χ0v) is 47.3. The van der Waals surface area contributed by atoms with E-state index in [9.17, 15) is 38.8 Å². The number of hydrogen-bond acceptors (Lipinski definition) is 16. The van der Waals surface area contributed by atoms with Gasteiger partial charge in [-0.3, -0.25) is 23.7 Å². The summed E-state index contributed by atoms with van der Waals surface area (Å²) in [4.78, 5) is 72.5. The maximum Gasteiger partial charge on any atom is 0.329 e. The van der Waals surface area contributed by atoms with E-state index >= 15 is 0 Å². The second-order valence-electron chi connectivity index (χ2n) is 21.5. The van der Waals surface area contributed by atoms with Crippen LogP contribution in [0, 0.1) is 35.5 Å². The van der Waals surface area contributed by atoms with E-state index in [1.54, 1.807) is 41.1 Å². The number of cyclic esters (lactones) is 1. The summed E-state index contributed by atoms with van der Waals surface area (Å²) in [5, 5.41) is 23.6. The summed E-state index contributed by atoms with van der Waals surface area (Å²) in [5.41, 5.74) is 1.16. The molecule has 16 atom stereocenters. The summed E-state index contributed by atoms with van der Waals surface area (Å²) in [5.74, 6) is -8.31. The van der Waals surface area contributed by atoms with Crippen LogP contribution in [-0.4, -0.2) is 153 Å². The monoisotopic (exact) mass is 1060 g/mol. The molecule has 3 fully saturated rings. The average molecular weight is 1060 g/mol. The number of aliphatic hydroxyl groups is 2. The molecule has 0 aromatic carbocycles. The minimum absolute atomic E-state index is 0.00529. The van der Waals surface area contributed by atoms with Crippen molar-refractivity contribution in [3.63, 3.8) is 0 Å². The standard InChI is InChI=1S/C56H90NO16P/c1-13-69-27-28-70-74(12,65)73-46-25-23-42(32-49(46)67-10)31-38(5)48-34-45(58)37(4)30-40(7)51(60)52(68-11)50(59)39(6)29-35(2)19-15-14-16-20-36(3)47(66-9)33-43-24-22-41(8)56(64,72-43)53(61)54(62)57-26-18-17-21-44(57)55(63)71-48/h14-16,19-20,30,35,38-44,46-49,51-52,60,64H,13,17-18,21-29,31-34H2,1-12H3/t35-,38-,39-,40?,41-,42?,43+,44+,46-,47+,48?,49-,51-,52+,56-,74?/m1/s1. The van der Waals surface area contributed by atoms with Crippen molar-refractivity contribution >= 4 is 36.8 Å². The van der Waals surface area contributed by atoms with Crippen molar-refractivity contribution in [1.29, 1.82) is 0 Å². The molecule has 1 amide bonds. The van der Waals surface area contributed by atoms with Gasteiger partial charge in [-0.2, -0.15) is 0 Å². The SMILES string of the molecule is CCOCCOP(C)(=O)O[C@@H]1CCC(C[C@@H](C)C2CC(=O)C(C)=CC(C)[C@@H](O)[C@@H](OC)C(=O)[C@H](C)C[C@H](C)C=CC=CC=C(C)[C@@H](OC)C[C@@H]3CC[C@@H](C)[C@@](O)(O3)C(=O)C(=O)N3CCCC[C@H]3C(=O)O2)C[C@H]1OC. The van der Waals surface area contributed by atoms with Gasteiger partial charge in [-0.15, -0.1) is 0 Å². The molecule has 18 heteroatoms. The normalized spacial score (nSPS) is 35.6. The Morgan fingerprint density at radius 1 is 0.878 bits per heavy atom. The Hall–Kier alpha value is -3.22. The van der Waals surface area contributed by atoms with E-state index in [0.29, 0.717) is 70.8 Å². The molecule has 4 aliphatic rings. The molecule has 3 aliphatic heterocycles. The van der Waals surface area contributed by atoms with Crippen molar-refractivity contribution in [3.05, 3.63) is 47.6 Å². The van der Waals surface area contributed by atoms with Crippen molar-refractivity contribution < 1.29 is 76.2 Å². The summed E-state index contributed by atoms with van der Waals surface area (Å²) < 4.78 is 60.0. The van der Waals surface area contributed by atoms with Gasteiger partial charge in [-0.05, 0) is 114 Å². The number of aliphatic hydroxyl groups excluding tert-OH is 1. The number of hydrogen-bond donors (Lipinski definition) is 2. The van der Waals surface area contributed by atoms with Gasteiger partial charge >= 0.3 is 13.6 Å². The Morgan fingerprint density at radius 2 is 1.61 bits per heavy atom. The maximum absolute atomic E-state index is 14.6. The number of ether oxygens (including phenoxy) is 6. The van der Waals surface area contributed by atoms with Gasteiger partial charge in [0.05, 0.1) is 43.7 Å². The lowest BCUT2D eigenvalue weighted by atomic mass is 9.78. The lowest BCUT2D eigenvalue weighted by molar-refractivity contribution is -0.265. The molecule has 3 heterocycles. The van der Waals surface area contributed by atoms with Crippen molar-refractivity contribution in [2.75, 3.05) is 54.4 Å². The quantitative estimate of drug-likeness (QED) is 0.0770. The smallest absolute Gasteiger partial charge is 0.329 e. The van der Waals surface area contributed by atoms with Crippen molar-refractivity contribution in [2.24, 2.45) is 35.5 Å². The highest BCUT2D eigenvalue weighted by Gasteiger charge is 2.53. The number of esters is 1. The number of rotatable bonds is 13. The Balaban J connectivity index is 1.68. The highest BCUT2D eigenvalue weighted by Crippen LogP contribution is 2.48. The van der Waals surface area contributed by atoms with Crippen LogP contribution in [0.25, 0.3) is 0 Å². The fourth-order valence-electron chi connectivity index (χ4n) is 10.9. The topological polar surface area (TPSA) is 220 Å². The Bertz CT molecular complexity index is 2040. The van der Waals surface area contributed by atoms with E-state index in [2.05, 4.69) is 0 Å². The highest BCUT2D eigenvalue weighted by molar-refractivity contribution is 7.53. The third kappa shape index (κ3) is 17.9. The molecule has 0 spiro atoms. The predicted molar refractivity (Wildman–Crippen MR) is 280 cm³/mol. The molecule has 2 bridgehead atoms. The van der Waals surface area contributed by atoms with Gasteiger partial charge in [0.1, 0.15) is 18.2 Å². The van der Waals surface area contributed by atoms with E-state index in [1.807, 2.05) is 65.0 Å². The molecule has 1 saturated carbocycles. The minimum atomic E-state index is -3.44. The molecule has 0 radical (unpaired) electrons. The van der Waals surface area contributed by atoms with Gasteiger partial charge in [-0.25, -0.2) is 4.79 Å². The number of Topliss-reactive ketones (excluding diaryl/α,β-unsaturated/α-hetero) is 3. The number of piperidine rings is 1. The second kappa shape index (κ2) is 30.1. The van der Waals surface area contributed by atoms with Crippen molar-refractivity contribution in [3.8, 4) is 0 Å². The van der Waals surface area contributed by atoms with Gasteiger partial charge < -0.3 is 52.6 Å². The largest absolute Gasteiger partial charge is 0.460 e. The lowest BCUT2D eigenvalue weighted by Gasteiger charge is -2.42. The first-order chi connectivity index (χ1) is 35.0. The molecule has 17 nitrogen and oxygen atoms in total. The van der Waals surface area contributed by atoms with Gasteiger partial charge in [0, 0.05) is 71.7 Å². The molecule has 4 unspecified atom stereocenters. The van der Waals surface area contributed by atoms with Crippen LogP contribution < -0.4 is 0 Å². The van der Waals surface area contributed by atoms with Crippen molar-refractivity contribution in [1.82, 2.24) is 4.90 Å². The zero-order chi connectivity index (χ0) is 54.9. The molecule has 1 aliphatic carbocycles. The summed E-state index contributed by atoms with van der Waals surface area (Å²) >= 11 is 0. The number of amides is 1. The van der Waals surface area contributed by atoms with E-state index in [0.717, 1.165) is 5.57 Å². The summed E-state index contributed by atoms with van der Waals surface area (Å²) in [6.07, 6.45) is 10.7. The van der Waals surface area contributed by atoms with Crippen molar-refractivity contribution in [2.45, 2.75) is 187 Å². The van der Waals surface area contributed by atoms with Crippen LogP contribution in [0.5, 0.6) is 0 Å². The van der Waals surface area contributed by atoms with Crippen LogP contribution in [0.2, 0.25) is 0 Å². The molecule has 2 N–H and O–H groups in total. The second-order valence-corrected chi connectivity index (χ2v) is 23.5. The van der Waals surface area contributed by atoms with Crippen LogP contribution in [0.4, 0.5) is 0 Å². The van der Waals surface area contributed by atoms with E-state index in [4.69, 9.17) is 37.5 Å². The molecule has 0 aromatic rings. The van der Waals surface area contributed by atoms with Gasteiger partial charge in [0.25, 0.3) is 11.7 Å². The summed E-state index contributed by atoms with van der Waals surface area (Å²) in [7, 11) is 1.08. The highest BCUT2D eigenvalue weighted by atomic mass is 31.2. The maximum atomic E-state index is 14.6. The third-order valence-electron chi connectivity index (χ3n) is 15.5. The zero-order valence-electron chi connectivity index (χ0n) is 46.4. The molecule has 420 valence electrons. The number of allylic oxidation sites excluding steroid dienone is 6. The first-order valence-corrected chi connectivity index (χ1v) is 29.0. The number of ketones is 3. The Labute approximate surface area is 441 Å². The number of fused-ring (bicyclic) bond motifs is 3. The predicted octanol–water partition coefficient (Wildman–Crippen LogP) is 8.08. The molecular formula is C56H90NO16P. The number of methoxy groups -OCH3 is 3. The first-order valence-electron chi connectivity index (χ1n) is 27.0. The van der Waals surface area contributed by atoms with E-state index in [-0.39, 0.29) is 61.6 Å². The van der Waals surface area contributed by atoms with Crippen LogP contribution in [-0.2, 0) is 66.0 Å². The number of carbonyl (C=O) groups excluding carboxylic acids is 5. The van der Waals surface area contributed by atoms with Crippen LogP contribution in [0.15, 0.2) is 47.6 Å². The molecule has 74 heavy (non-hydrogen) atoms. The van der Waals surface area contributed by atoms with E-state index in [1.165, 1.54) is 18.7 Å². The number of carbonyl (C=O) groups is 5. The third-order valence-corrected chi connectivity index (χ3v) is 16.9. The molecule has 0 aromatic heterocycles. The lowest BCUT2D eigenvalue weighted by Crippen LogP contribution is -2.61. The molecular weight excluding hydrogens is 974 g/mol. The van der Waals surface area contributed by atoms with Gasteiger partial charge in [0.15, 0.2) is 11.6 Å². The van der Waals surface area contributed by atoms with Crippen LogP contribution in [0.1, 0.15) is 132 Å². The minimum Gasteiger partial charge on any atom is -0.460 e. The summed E-state index contributed by atoms with van der Waals surface area (Å²) in [6.45, 7) is 16.9. The molecule has 2 saturated heterocycles. The van der Waals surface area contributed by atoms with E-state index < -0.39 is 103 Å². The average Bonchev–Trinajstić information content (AvgIpc) is 3.36. The summed E-state index contributed by atoms with van der Waals surface area (Å²) in [6, 6.07) is -1.18. The van der Waals surface area contributed by atoms with Crippen LogP contribution in [0.3, 0.4) is 0 Å². The Morgan fingerprint density at radius 3 is 2.28 bits per heavy atom.